The van der Waals surface area contributed by atoms with Crippen molar-refractivity contribution in [1.29, 1.82) is 0 Å². The molecule has 2 heterocycles. The average molecular weight is 458 g/mol. The fourth-order valence-electron chi connectivity index (χ4n) is 3.38. The van der Waals surface area contributed by atoms with Crippen LogP contribution < -0.4 is 0 Å². The molecule has 6 nitrogen and oxygen atoms in total. The molecule has 29 heavy (non-hydrogen) atoms. The van der Waals surface area contributed by atoms with Crippen molar-refractivity contribution in [3.63, 3.8) is 0 Å². The van der Waals surface area contributed by atoms with Gasteiger partial charge in [-0.15, -0.1) is 0 Å². The van der Waals surface area contributed by atoms with Crippen LogP contribution in [0.3, 0.4) is 0 Å². The maximum absolute atomic E-state index is 13.5. The first-order valence-electron chi connectivity index (χ1n) is 8.91. The van der Waals surface area contributed by atoms with Crippen molar-refractivity contribution in [2.75, 3.05) is 20.3 Å². The van der Waals surface area contributed by atoms with Gasteiger partial charge in [-0.05, 0) is 31.5 Å². The number of methoxy groups -OCH3 is 1. The molecule has 0 N–H and O–H groups in total. The van der Waals surface area contributed by atoms with Gasteiger partial charge in [0, 0.05) is 29.5 Å². The molecule has 1 aliphatic heterocycles. The van der Waals surface area contributed by atoms with Gasteiger partial charge in [-0.3, -0.25) is 9.78 Å². The summed E-state index contributed by atoms with van der Waals surface area (Å²) in [6.45, 7) is 3.91. The molecule has 0 aliphatic carbocycles. The summed E-state index contributed by atoms with van der Waals surface area (Å²) in [6, 6.07) is 6.25. The molecule has 0 bridgehead atoms. The van der Waals surface area contributed by atoms with E-state index in [2.05, 4.69) is 4.98 Å². The van der Waals surface area contributed by atoms with Gasteiger partial charge in [0.1, 0.15) is 5.69 Å². The number of carbonyl (C=O) groups is 1. The van der Waals surface area contributed by atoms with Crippen LogP contribution in [0.5, 0.6) is 0 Å². The van der Waals surface area contributed by atoms with Crippen LogP contribution in [-0.2, 0) is 30.7 Å². The summed E-state index contributed by atoms with van der Waals surface area (Å²) in [5.41, 5.74) is 1.13. The fraction of sp³-hybridized carbons (Fsp3) is 0.400. The number of ether oxygens (including phenoxy) is 2. The summed E-state index contributed by atoms with van der Waals surface area (Å²) in [7, 11) is -2.42. The van der Waals surface area contributed by atoms with Gasteiger partial charge in [0.25, 0.3) is 0 Å². The third-order valence-electron chi connectivity index (χ3n) is 5.13. The van der Waals surface area contributed by atoms with E-state index in [9.17, 15) is 13.2 Å². The summed E-state index contributed by atoms with van der Waals surface area (Å²) in [5, 5.41) is -1.04. The molecule has 1 unspecified atom stereocenters. The van der Waals surface area contributed by atoms with E-state index >= 15 is 0 Å². The molecule has 0 radical (unpaired) electrons. The van der Waals surface area contributed by atoms with E-state index in [1.165, 1.54) is 18.3 Å². The normalized spacial score (nSPS) is 19.8. The van der Waals surface area contributed by atoms with Crippen LogP contribution in [0.1, 0.15) is 46.3 Å². The van der Waals surface area contributed by atoms with E-state index in [4.69, 9.17) is 32.7 Å². The standard InChI is InChI=1S/C20H21Cl2NO5S/c1-20(2)14-5-4-8-23-17(14)18(24)19(29(20,25)26)12-6-7-15(21)13(16(12)22)11-28-10-9-27-3/h4-8,19H,9-11H2,1-3H3. The van der Waals surface area contributed by atoms with Crippen LogP contribution in [0.2, 0.25) is 10.0 Å². The van der Waals surface area contributed by atoms with Crippen LogP contribution in [-0.4, -0.2) is 39.5 Å². The molecule has 3 rings (SSSR count). The van der Waals surface area contributed by atoms with Crippen LogP contribution in [0.25, 0.3) is 0 Å². The van der Waals surface area contributed by atoms with Gasteiger partial charge < -0.3 is 9.47 Å². The second-order valence-electron chi connectivity index (χ2n) is 7.17. The number of hydrogen-bond acceptors (Lipinski definition) is 6. The SMILES string of the molecule is COCCOCc1c(Cl)ccc(C2C(=O)c3ncccc3C(C)(C)S2(=O)=O)c1Cl. The van der Waals surface area contributed by atoms with Gasteiger partial charge >= 0.3 is 0 Å². The highest BCUT2D eigenvalue weighted by Crippen LogP contribution is 2.48. The van der Waals surface area contributed by atoms with Crippen LogP contribution >= 0.6 is 23.2 Å². The summed E-state index contributed by atoms with van der Waals surface area (Å²) in [6.07, 6.45) is 1.47. The third-order valence-corrected chi connectivity index (χ3v) is 8.66. The number of hydrogen-bond donors (Lipinski definition) is 0. The molecule has 0 saturated heterocycles. The maximum atomic E-state index is 13.5. The van der Waals surface area contributed by atoms with Crippen molar-refractivity contribution < 1.29 is 22.7 Å². The molecule has 1 aliphatic rings. The Bertz CT molecular complexity index is 1050. The lowest BCUT2D eigenvalue weighted by Gasteiger charge is -2.36. The van der Waals surface area contributed by atoms with E-state index in [1.54, 1.807) is 33.1 Å². The number of pyridine rings is 1. The molecular formula is C20H21Cl2NO5S. The van der Waals surface area contributed by atoms with Crippen LogP contribution in [0.4, 0.5) is 0 Å². The molecule has 0 saturated carbocycles. The number of fused-ring (bicyclic) bond motifs is 1. The minimum Gasteiger partial charge on any atom is -0.382 e. The minimum absolute atomic E-state index is 0.0635. The number of ketones is 1. The van der Waals surface area contributed by atoms with E-state index in [1.807, 2.05) is 0 Å². The van der Waals surface area contributed by atoms with Gasteiger partial charge in [0.15, 0.2) is 15.1 Å². The molecule has 0 spiro atoms. The molecule has 1 aromatic carbocycles. The Morgan fingerprint density at radius 1 is 1.17 bits per heavy atom. The molecule has 1 aromatic heterocycles. The summed E-state index contributed by atoms with van der Waals surface area (Å²) < 4.78 is 36.1. The number of sulfone groups is 1. The first-order chi connectivity index (χ1) is 13.6. The van der Waals surface area contributed by atoms with Crippen molar-refractivity contribution in [2.45, 2.75) is 30.5 Å². The Morgan fingerprint density at radius 2 is 1.90 bits per heavy atom. The summed E-state index contributed by atoms with van der Waals surface area (Å²) in [4.78, 5) is 17.3. The molecule has 1 atom stereocenters. The molecule has 0 amide bonds. The monoisotopic (exact) mass is 457 g/mol. The third kappa shape index (κ3) is 3.70. The number of nitrogens with zero attached hydrogens (tertiary/aromatic N) is 1. The Hall–Kier alpha value is -1.51. The van der Waals surface area contributed by atoms with Crippen molar-refractivity contribution in [3.8, 4) is 0 Å². The molecule has 156 valence electrons. The van der Waals surface area contributed by atoms with Gasteiger partial charge in [-0.2, -0.15) is 0 Å². The molecule has 0 fully saturated rings. The lowest BCUT2D eigenvalue weighted by Crippen LogP contribution is -2.43. The zero-order chi connectivity index (χ0) is 21.4. The average Bonchev–Trinajstić information content (AvgIpc) is 2.68. The second kappa shape index (κ2) is 8.32. The highest BCUT2D eigenvalue weighted by molar-refractivity contribution is 7.93. The Morgan fingerprint density at radius 3 is 2.59 bits per heavy atom. The molecule has 2 aromatic rings. The van der Waals surface area contributed by atoms with Crippen LogP contribution in [0, 0.1) is 0 Å². The van der Waals surface area contributed by atoms with Gasteiger partial charge in [0.2, 0.25) is 5.78 Å². The van der Waals surface area contributed by atoms with Gasteiger partial charge in [-0.25, -0.2) is 8.42 Å². The molecular weight excluding hydrogens is 437 g/mol. The number of rotatable bonds is 6. The Balaban J connectivity index is 2.12. The smallest absolute Gasteiger partial charge is 0.204 e. The Kier molecular flexibility index (Phi) is 6.36. The zero-order valence-corrected chi connectivity index (χ0v) is 18.6. The topological polar surface area (TPSA) is 82.6 Å². The van der Waals surface area contributed by atoms with E-state index in [-0.39, 0.29) is 22.9 Å². The number of benzene rings is 1. The first-order valence-corrected chi connectivity index (χ1v) is 11.2. The predicted molar refractivity (Wildman–Crippen MR) is 111 cm³/mol. The maximum Gasteiger partial charge on any atom is 0.204 e. The highest BCUT2D eigenvalue weighted by atomic mass is 35.5. The highest BCUT2D eigenvalue weighted by Gasteiger charge is 2.53. The van der Waals surface area contributed by atoms with E-state index in [0.29, 0.717) is 29.4 Å². The van der Waals surface area contributed by atoms with Crippen LogP contribution in [0.15, 0.2) is 30.5 Å². The van der Waals surface area contributed by atoms with Crippen molar-refractivity contribution in [3.05, 3.63) is 62.9 Å². The summed E-state index contributed by atoms with van der Waals surface area (Å²) in [5.74, 6) is -0.601. The number of carbonyl (C=O) groups excluding carboxylic acids is 1. The predicted octanol–water partition coefficient (Wildman–Crippen LogP) is 4.14. The zero-order valence-electron chi connectivity index (χ0n) is 16.2. The fourth-order valence-corrected chi connectivity index (χ4v) is 6.01. The lowest BCUT2D eigenvalue weighted by molar-refractivity contribution is 0.0617. The molecule has 9 heteroatoms. The quantitative estimate of drug-likeness (QED) is 0.606. The Labute approximate surface area is 180 Å². The minimum atomic E-state index is -3.98. The number of aromatic nitrogens is 1. The van der Waals surface area contributed by atoms with E-state index < -0.39 is 25.6 Å². The van der Waals surface area contributed by atoms with Crippen molar-refractivity contribution in [2.24, 2.45) is 0 Å². The lowest BCUT2D eigenvalue weighted by atomic mass is 9.94. The van der Waals surface area contributed by atoms with E-state index in [0.717, 1.165) is 0 Å². The largest absolute Gasteiger partial charge is 0.382 e. The van der Waals surface area contributed by atoms with Crippen molar-refractivity contribution in [1.82, 2.24) is 4.98 Å². The second-order valence-corrected chi connectivity index (χ2v) is 10.5. The van der Waals surface area contributed by atoms with Gasteiger partial charge in [0.05, 0.1) is 29.6 Å². The number of halogens is 2. The number of Topliss-reactive ketones (excluding diaryl/α,β-unsaturated/α-hetero) is 1. The van der Waals surface area contributed by atoms with Crippen molar-refractivity contribution >= 4 is 38.8 Å². The summed E-state index contributed by atoms with van der Waals surface area (Å²) >= 11 is 12.8. The first kappa shape index (κ1) is 22.2. The van der Waals surface area contributed by atoms with Gasteiger partial charge in [-0.1, -0.05) is 35.3 Å².